The molecule has 0 aromatic heterocycles. The minimum atomic E-state index is -0.385. The maximum atomic E-state index is 13.6. The summed E-state index contributed by atoms with van der Waals surface area (Å²) >= 11 is 0. The van der Waals surface area contributed by atoms with Gasteiger partial charge in [0.2, 0.25) is 0 Å². The standard InChI is InChI=1S/C23H31FN4O.HI/c1-3-25-23(26-13-19-9-10-22(24)20(12-19)16-29)27-21-11-17(2)28(15-21)14-18-7-5-4-6-8-18;/h4-10,12,17,21,29H,3,11,13-16H2,1-2H3,(H2,25,26,27);1H. The first-order chi connectivity index (χ1) is 14.1. The number of benzene rings is 2. The van der Waals surface area contributed by atoms with Gasteiger partial charge < -0.3 is 15.7 Å². The molecule has 5 nitrogen and oxygen atoms in total. The number of nitrogens with zero attached hydrogens (tertiary/aromatic N) is 2. The number of likely N-dealkylation sites (tertiary alicyclic amines) is 1. The summed E-state index contributed by atoms with van der Waals surface area (Å²) < 4.78 is 13.6. The van der Waals surface area contributed by atoms with Gasteiger partial charge in [0.15, 0.2) is 5.96 Å². The van der Waals surface area contributed by atoms with Gasteiger partial charge >= 0.3 is 0 Å². The molecular weight excluding hydrogens is 494 g/mol. The van der Waals surface area contributed by atoms with Crippen LogP contribution in [0, 0.1) is 5.82 Å². The van der Waals surface area contributed by atoms with E-state index in [1.807, 2.05) is 13.0 Å². The van der Waals surface area contributed by atoms with Gasteiger partial charge in [-0.3, -0.25) is 4.90 Å². The van der Waals surface area contributed by atoms with Crippen molar-refractivity contribution in [2.45, 2.75) is 52.0 Å². The Labute approximate surface area is 195 Å². The van der Waals surface area contributed by atoms with Gasteiger partial charge in [-0.2, -0.15) is 0 Å². The smallest absolute Gasteiger partial charge is 0.191 e. The summed E-state index contributed by atoms with van der Waals surface area (Å²) in [5, 5.41) is 16.1. The number of aliphatic hydroxyl groups is 1. The molecule has 30 heavy (non-hydrogen) atoms. The Morgan fingerprint density at radius 2 is 1.97 bits per heavy atom. The van der Waals surface area contributed by atoms with E-state index < -0.39 is 0 Å². The van der Waals surface area contributed by atoms with Crippen LogP contribution >= 0.6 is 24.0 Å². The van der Waals surface area contributed by atoms with Crippen LogP contribution in [0.15, 0.2) is 53.5 Å². The van der Waals surface area contributed by atoms with Crippen LogP contribution in [0.1, 0.15) is 37.0 Å². The monoisotopic (exact) mass is 526 g/mol. The minimum absolute atomic E-state index is 0. The summed E-state index contributed by atoms with van der Waals surface area (Å²) in [5.41, 5.74) is 2.51. The lowest BCUT2D eigenvalue weighted by Gasteiger charge is -2.21. The molecule has 2 aromatic carbocycles. The van der Waals surface area contributed by atoms with E-state index in [9.17, 15) is 9.50 Å². The van der Waals surface area contributed by atoms with Gasteiger partial charge in [-0.15, -0.1) is 24.0 Å². The second-order valence-corrected chi connectivity index (χ2v) is 7.62. The highest BCUT2D eigenvalue weighted by molar-refractivity contribution is 14.0. The normalized spacial score (nSPS) is 19.4. The summed E-state index contributed by atoms with van der Waals surface area (Å²) in [6.07, 6.45) is 1.06. The molecule has 3 N–H and O–H groups in total. The van der Waals surface area contributed by atoms with E-state index in [1.54, 1.807) is 12.1 Å². The van der Waals surface area contributed by atoms with Crippen LogP contribution in [0.3, 0.4) is 0 Å². The Hall–Kier alpha value is -1.71. The summed E-state index contributed by atoms with van der Waals surface area (Å²) in [4.78, 5) is 7.15. The first kappa shape index (κ1) is 24.6. The summed E-state index contributed by atoms with van der Waals surface area (Å²) in [5.74, 6) is 0.379. The van der Waals surface area contributed by atoms with Crippen molar-refractivity contribution in [2.24, 2.45) is 4.99 Å². The van der Waals surface area contributed by atoms with Crippen LogP contribution in [0.2, 0.25) is 0 Å². The van der Waals surface area contributed by atoms with Crippen molar-refractivity contribution in [3.8, 4) is 0 Å². The molecule has 0 aliphatic carbocycles. The highest BCUT2D eigenvalue weighted by Crippen LogP contribution is 2.20. The predicted molar refractivity (Wildman–Crippen MR) is 130 cm³/mol. The van der Waals surface area contributed by atoms with E-state index in [4.69, 9.17) is 0 Å². The van der Waals surface area contributed by atoms with Gasteiger partial charge in [0.1, 0.15) is 5.82 Å². The fraction of sp³-hybridized carbons (Fsp3) is 0.435. The van der Waals surface area contributed by atoms with Crippen molar-refractivity contribution in [1.29, 1.82) is 0 Å². The second-order valence-electron chi connectivity index (χ2n) is 7.62. The Kier molecular flexibility index (Phi) is 10.0. The number of rotatable bonds is 7. The highest BCUT2D eigenvalue weighted by atomic mass is 127. The number of nitrogens with one attached hydrogen (secondary N) is 2. The van der Waals surface area contributed by atoms with E-state index in [0.29, 0.717) is 24.2 Å². The van der Waals surface area contributed by atoms with E-state index >= 15 is 0 Å². The van der Waals surface area contributed by atoms with Crippen LogP contribution < -0.4 is 10.6 Å². The van der Waals surface area contributed by atoms with Crippen LogP contribution in [-0.4, -0.2) is 41.1 Å². The molecule has 0 bridgehead atoms. The maximum absolute atomic E-state index is 13.6. The van der Waals surface area contributed by atoms with E-state index in [1.165, 1.54) is 11.6 Å². The first-order valence-corrected chi connectivity index (χ1v) is 10.3. The molecule has 2 aromatic rings. The van der Waals surface area contributed by atoms with Gasteiger partial charge in [-0.1, -0.05) is 36.4 Å². The van der Waals surface area contributed by atoms with E-state index in [2.05, 4.69) is 51.7 Å². The first-order valence-electron chi connectivity index (χ1n) is 10.3. The highest BCUT2D eigenvalue weighted by Gasteiger charge is 2.29. The number of hydrogen-bond acceptors (Lipinski definition) is 3. The molecule has 1 aliphatic heterocycles. The lowest BCUT2D eigenvalue weighted by Crippen LogP contribution is -2.44. The molecule has 0 saturated carbocycles. The van der Waals surface area contributed by atoms with Crippen LogP contribution in [-0.2, 0) is 19.7 Å². The van der Waals surface area contributed by atoms with Crippen molar-refractivity contribution in [1.82, 2.24) is 15.5 Å². The third-order valence-electron chi connectivity index (χ3n) is 5.32. The molecule has 2 unspecified atom stereocenters. The quantitative estimate of drug-likeness (QED) is 0.293. The zero-order valence-corrected chi connectivity index (χ0v) is 20.0. The topological polar surface area (TPSA) is 59.9 Å². The van der Waals surface area contributed by atoms with Crippen molar-refractivity contribution in [2.75, 3.05) is 13.1 Å². The molecule has 0 spiro atoms. The zero-order chi connectivity index (χ0) is 20.6. The molecule has 3 rings (SSSR count). The molecule has 164 valence electrons. The average Bonchev–Trinajstić information content (AvgIpc) is 3.06. The number of hydrogen-bond donors (Lipinski definition) is 3. The molecule has 1 fully saturated rings. The van der Waals surface area contributed by atoms with Gasteiger partial charge in [-0.05, 0) is 43.5 Å². The molecular formula is C23H32FIN4O. The third kappa shape index (κ3) is 6.92. The van der Waals surface area contributed by atoms with E-state index in [-0.39, 0.29) is 36.4 Å². The largest absolute Gasteiger partial charge is 0.392 e. The Morgan fingerprint density at radius 1 is 1.20 bits per heavy atom. The summed E-state index contributed by atoms with van der Waals surface area (Å²) in [6, 6.07) is 16.1. The van der Waals surface area contributed by atoms with Crippen LogP contribution in [0.4, 0.5) is 4.39 Å². The van der Waals surface area contributed by atoms with Gasteiger partial charge in [-0.25, -0.2) is 9.38 Å². The second kappa shape index (κ2) is 12.2. The molecule has 7 heteroatoms. The lowest BCUT2D eigenvalue weighted by atomic mass is 10.1. The van der Waals surface area contributed by atoms with Crippen molar-refractivity contribution < 1.29 is 9.50 Å². The van der Waals surface area contributed by atoms with Gasteiger partial charge in [0, 0.05) is 37.3 Å². The predicted octanol–water partition coefficient (Wildman–Crippen LogP) is 3.65. The number of aliphatic imine (C=N–C) groups is 1. The van der Waals surface area contributed by atoms with Crippen LogP contribution in [0.5, 0.6) is 0 Å². The number of aliphatic hydroxyl groups excluding tert-OH is 1. The van der Waals surface area contributed by atoms with Crippen molar-refractivity contribution in [3.05, 3.63) is 71.0 Å². The van der Waals surface area contributed by atoms with Crippen molar-refractivity contribution >= 4 is 29.9 Å². The Bertz CT molecular complexity index is 818. The molecule has 0 radical (unpaired) electrons. The number of guanidine groups is 1. The van der Waals surface area contributed by atoms with Crippen LogP contribution in [0.25, 0.3) is 0 Å². The Morgan fingerprint density at radius 3 is 2.67 bits per heavy atom. The Balaban J connectivity index is 0.00000320. The average molecular weight is 526 g/mol. The molecule has 0 amide bonds. The molecule has 2 atom stereocenters. The van der Waals surface area contributed by atoms with Crippen molar-refractivity contribution in [3.63, 3.8) is 0 Å². The van der Waals surface area contributed by atoms with E-state index in [0.717, 1.165) is 37.6 Å². The van der Waals surface area contributed by atoms with Gasteiger partial charge in [0.05, 0.1) is 13.2 Å². The summed E-state index contributed by atoms with van der Waals surface area (Å²) in [7, 11) is 0. The minimum Gasteiger partial charge on any atom is -0.392 e. The third-order valence-corrected chi connectivity index (χ3v) is 5.32. The molecule has 1 saturated heterocycles. The SMILES string of the molecule is CCNC(=NCc1ccc(F)c(CO)c1)NC1CC(C)N(Cc2ccccc2)C1.I. The van der Waals surface area contributed by atoms with Gasteiger partial charge in [0.25, 0.3) is 0 Å². The zero-order valence-electron chi connectivity index (χ0n) is 17.6. The summed E-state index contributed by atoms with van der Waals surface area (Å²) in [6.45, 7) is 7.12. The fourth-order valence-electron chi connectivity index (χ4n) is 3.77. The maximum Gasteiger partial charge on any atom is 0.191 e. The lowest BCUT2D eigenvalue weighted by molar-refractivity contribution is 0.258. The molecule has 1 aliphatic rings. The molecule has 1 heterocycles. The number of halogens is 2. The fourth-order valence-corrected chi connectivity index (χ4v) is 3.77.